The van der Waals surface area contributed by atoms with Gasteiger partial charge in [-0.25, -0.2) is 4.39 Å². The van der Waals surface area contributed by atoms with Crippen LogP contribution in [0.15, 0.2) is 42.5 Å². The molecule has 0 aromatic heterocycles. The predicted molar refractivity (Wildman–Crippen MR) is 99.7 cm³/mol. The van der Waals surface area contributed by atoms with Crippen LogP contribution in [0.3, 0.4) is 0 Å². The fourth-order valence-corrected chi connectivity index (χ4v) is 3.44. The molecule has 0 saturated carbocycles. The number of hydrogen-bond donors (Lipinski definition) is 0. The number of ether oxygens (including phenoxy) is 3. The third kappa shape index (κ3) is 4.32. The Bertz CT molecular complexity index is 796. The first-order chi connectivity index (χ1) is 13.1. The fraction of sp³-hybridized carbons (Fsp3) is 0.381. The standard InChI is InChI=1S/C21H24FNO4/c1-25-15-9-10-16(20(14-15)26-2)18-7-5-12-23(18)21(24)11-13-27-19-8-4-3-6-17(19)22/h3-4,6,8-10,14,18H,5,7,11-13H2,1-2H3. The molecular weight excluding hydrogens is 349 g/mol. The maximum absolute atomic E-state index is 13.6. The van der Waals surface area contributed by atoms with Gasteiger partial charge in [-0.1, -0.05) is 12.1 Å². The van der Waals surface area contributed by atoms with Gasteiger partial charge in [0.15, 0.2) is 11.6 Å². The Hall–Kier alpha value is -2.76. The summed E-state index contributed by atoms with van der Waals surface area (Å²) in [6.45, 7) is 0.834. The lowest BCUT2D eigenvalue weighted by atomic mass is 10.0. The van der Waals surface area contributed by atoms with Crippen molar-refractivity contribution >= 4 is 5.91 Å². The first kappa shape index (κ1) is 19.0. The SMILES string of the molecule is COc1ccc(C2CCCN2C(=O)CCOc2ccccc2F)c(OC)c1. The number of carbonyl (C=O) groups is 1. The molecule has 0 N–H and O–H groups in total. The van der Waals surface area contributed by atoms with Crippen molar-refractivity contribution in [2.75, 3.05) is 27.4 Å². The van der Waals surface area contributed by atoms with Gasteiger partial charge in [0.25, 0.3) is 0 Å². The van der Waals surface area contributed by atoms with Crippen LogP contribution in [0.1, 0.15) is 30.9 Å². The van der Waals surface area contributed by atoms with Gasteiger partial charge in [-0.15, -0.1) is 0 Å². The van der Waals surface area contributed by atoms with Crippen molar-refractivity contribution in [1.82, 2.24) is 4.90 Å². The minimum absolute atomic E-state index is 0.00768. The van der Waals surface area contributed by atoms with Gasteiger partial charge >= 0.3 is 0 Å². The molecule has 144 valence electrons. The number of benzene rings is 2. The Morgan fingerprint density at radius 3 is 2.70 bits per heavy atom. The number of nitrogens with zero attached hydrogens (tertiary/aromatic N) is 1. The lowest BCUT2D eigenvalue weighted by molar-refractivity contribution is -0.132. The maximum atomic E-state index is 13.6. The summed E-state index contributed by atoms with van der Waals surface area (Å²) >= 11 is 0. The summed E-state index contributed by atoms with van der Waals surface area (Å²) in [5.41, 5.74) is 0.971. The molecule has 27 heavy (non-hydrogen) atoms. The number of likely N-dealkylation sites (tertiary alicyclic amines) is 1. The topological polar surface area (TPSA) is 48.0 Å². The Morgan fingerprint density at radius 1 is 1.15 bits per heavy atom. The second kappa shape index (κ2) is 8.75. The van der Waals surface area contributed by atoms with E-state index >= 15 is 0 Å². The number of methoxy groups -OCH3 is 2. The zero-order chi connectivity index (χ0) is 19.2. The summed E-state index contributed by atoms with van der Waals surface area (Å²) in [6.07, 6.45) is 2.01. The van der Waals surface area contributed by atoms with Crippen molar-refractivity contribution in [2.45, 2.75) is 25.3 Å². The van der Waals surface area contributed by atoms with Gasteiger partial charge in [0.1, 0.15) is 11.5 Å². The third-order valence-corrected chi connectivity index (χ3v) is 4.78. The van der Waals surface area contributed by atoms with Crippen LogP contribution in [0.25, 0.3) is 0 Å². The van der Waals surface area contributed by atoms with Crippen LogP contribution >= 0.6 is 0 Å². The van der Waals surface area contributed by atoms with E-state index in [1.807, 2.05) is 23.1 Å². The molecule has 1 amide bonds. The van der Waals surface area contributed by atoms with E-state index in [-0.39, 0.29) is 30.7 Å². The summed E-state index contributed by atoms with van der Waals surface area (Å²) in [5.74, 6) is 1.16. The van der Waals surface area contributed by atoms with Crippen LogP contribution in [0.5, 0.6) is 17.2 Å². The van der Waals surface area contributed by atoms with E-state index in [2.05, 4.69) is 0 Å². The van der Waals surface area contributed by atoms with E-state index in [1.54, 1.807) is 32.4 Å². The van der Waals surface area contributed by atoms with Crippen molar-refractivity contribution in [1.29, 1.82) is 0 Å². The zero-order valence-electron chi connectivity index (χ0n) is 15.6. The molecule has 1 aliphatic rings. The molecule has 1 atom stereocenters. The molecular formula is C21H24FNO4. The van der Waals surface area contributed by atoms with E-state index in [0.29, 0.717) is 18.0 Å². The summed E-state index contributed by atoms with van der Waals surface area (Å²) in [6, 6.07) is 11.8. The first-order valence-electron chi connectivity index (χ1n) is 9.02. The Labute approximate surface area is 158 Å². The normalized spacial score (nSPS) is 16.3. The number of para-hydroxylation sites is 1. The molecule has 6 heteroatoms. The van der Waals surface area contributed by atoms with Crippen LogP contribution in [-0.2, 0) is 4.79 Å². The number of carbonyl (C=O) groups excluding carboxylic acids is 1. The lowest BCUT2D eigenvalue weighted by Crippen LogP contribution is -2.31. The molecule has 0 radical (unpaired) electrons. The Morgan fingerprint density at radius 2 is 1.96 bits per heavy atom. The molecule has 5 nitrogen and oxygen atoms in total. The number of amides is 1. The smallest absolute Gasteiger partial charge is 0.226 e. The monoisotopic (exact) mass is 373 g/mol. The van der Waals surface area contributed by atoms with E-state index in [9.17, 15) is 9.18 Å². The van der Waals surface area contributed by atoms with Crippen molar-refractivity contribution in [3.63, 3.8) is 0 Å². The summed E-state index contributed by atoms with van der Waals surface area (Å²) in [5, 5.41) is 0. The van der Waals surface area contributed by atoms with Crippen molar-refractivity contribution in [3.8, 4) is 17.2 Å². The second-order valence-corrected chi connectivity index (χ2v) is 6.38. The lowest BCUT2D eigenvalue weighted by Gasteiger charge is -2.26. The van der Waals surface area contributed by atoms with Crippen LogP contribution in [0.4, 0.5) is 4.39 Å². The molecule has 0 spiro atoms. The molecule has 0 aliphatic carbocycles. The molecule has 1 saturated heterocycles. The second-order valence-electron chi connectivity index (χ2n) is 6.38. The highest BCUT2D eigenvalue weighted by Crippen LogP contribution is 2.38. The van der Waals surface area contributed by atoms with Crippen LogP contribution < -0.4 is 14.2 Å². The highest BCUT2D eigenvalue weighted by Gasteiger charge is 2.31. The van der Waals surface area contributed by atoms with Gasteiger partial charge < -0.3 is 19.1 Å². The van der Waals surface area contributed by atoms with Crippen molar-refractivity contribution < 1.29 is 23.4 Å². The Kier molecular flexibility index (Phi) is 6.16. The highest BCUT2D eigenvalue weighted by atomic mass is 19.1. The minimum Gasteiger partial charge on any atom is -0.497 e. The molecule has 1 unspecified atom stereocenters. The van der Waals surface area contributed by atoms with Crippen molar-refractivity contribution in [2.24, 2.45) is 0 Å². The molecule has 2 aromatic rings. The average Bonchev–Trinajstić information content (AvgIpc) is 3.18. The van der Waals surface area contributed by atoms with E-state index in [4.69, 9.17) is 14.2 Å². The summed E-state index contributed by atoms with van der Waals surface area (Å²) < 4.78 is 29.8. The van der Waals surface area contributed by atoms with E-state index in [0.717, 1.165) is 18.4 Å². The fourth-order valence-electron chi connectivity index (χ4n) is 3.44. The molecule has 0 bridgehead atoms. The summed E-state index contributed by atoms with van der Waals surface area (Å²) in [4.78, 5) is 14.6. The van der Waals surface area contributed by atoms with Gasteiger partial charge in [-0.05, 0) is 37.1 Å². The number of rotatable bonds is 7. The maximum Gasteiger partial charge on any atom is 0.226 e. The van der Waals surface area contributed by atoms with Gasteiger partial charge in [-0.3, -0.25) is 4.79 Å². The zero-order valence-corrected chi connectivity index (χ0v) is 15.6. The van der Waals surface area contributed by atoms with E-state index in [1.165, 1.54) is 6.07 Å². The quantitative estimate of drug-likeness (QED) is 0.737. The Balaban J connectivity index is 1.65. The number of halogens is 1. The van der Waals surface area contributed by atoms with Gasteiger partial charge in [-0.2, -0.15) is 0 Å². The van der Waals surface area contributed by atoms with Crippen molar-refractivity contribution in [3.05, 3.63) is 53.8 Å². The summed E-state index contributed by atoms with van der Waals surface area (Å²) in [7, 11) is 3.22. The highest BCUT2D eigenvalue weighted by molar-refractivity contribution is 5.77. The van der Waals surface area contributed by atoms with E-state index < -0.39 is 5.82 Å². The molecule has 3 rings (SSSR count). The third-order valence-electron chi connectivity index (χ3n) is 4.78. The van der Waals surface area contributed by atoms with Gasteiger partial charge in [0.05, 0.1) is 33.3 Å². The van der Waals surface area contributed by atoms with Crippen LogP contribution in [-0.4, -0.2) is 38.2 Å². The molecule has 1 aliphatic heterocycles. The average molecular weight is 373 g/mol. The first-order valence-corrected chi connectivity index (χ1v) is 9.02. The predicted octanol–water partition coefficient (Wildman–Crippen LogP) is 3.98. The van der Waals surface area contributed by atoms with Gasteiger partial charge in [0, 0.05) is 18.2 Å². The van der Waals surface area contributed by atoms with Crippen LogP contribution in [0.2, 0.25) is 0 Å². The molecule has 1 heterocycles. The van der Waals surface area contributed by atoms with Crippen LogP contribution in [0, 0.1) is 5.82 Å². The van der Waals surface area contributed by atoms with Gasteiger partial charge in [0.2, 0.25) is 5.91 Å². The molecule has 1 fully saturated rings. The number of hydrogen-bond acceptors (Lipinski definition) is 4. The minimum atomic E-state index is -0.424. The molecule has 2 aromatic carbocycles. The largest absolute Gasteiger partial charge is 0.497 e.